The molecule has 1 aromatic carbocycles. The van der Waals surface area contributed by atoms with Crippen molar-refractivity contribution in [2.24, 2.45) is 19.1 Å². The average molecular weight is 401 g/mol. The van der Waals surface area contributed by atoms with Gasteiger partial charge in [0, 0.05) is 25.7 Å². The molecule has 0 saturated carbocycles. The van der Waals surface area contributed by atoms with Gasteiger partial charge in [0.05, 0.1) is 5.71 Å². The predicted octanol–water partition coefficient (Wildman–Crippen LogP) is 2.14. The van der Waals surface area contributed by atoms with E-state index in [0.717, 1.165) is 47.2 Å². The quantitative estimate of drug-likeness (QED) is 0.654. The summed E-state index contributed by atoms with van der Waals surface area (Å²) in [5.41, 5.74) is 0.0691. The largest absolute Gasteiger partial charge is 0.494 e. The fourth-order valence-electron chi connectivity index (χ4n) is 3.36. The van der Waals surface area contributed by atoms with E-state index < -0.39 is 11.2 Å². The van der Waals surface area contributed by atoms with Crippen LogP contribution in [0.3, 0.4) is 0 Å². The number of benzene rings is 1. The Hall–Kier alpha value is -2.67. The van der Waals surface area contributed by atoms with Crippen molar-refractivity contribution >= 4 is 5.71 Å². The maximum absolute atomic E-state index is 12.8. The summed E-state index contributed by atoms with van der Waals surface area (Å²) in [7, 11) is 2.85. The molecule has 2 aromatic rings. The van der Waals surface area contributed by atoms with Gasteiger partial charge in [0.15, 0.2) is 0 Å². The number of aromatic hydroxyl groups is 1. The minimum Gasteiger partial charge on any atom is -0.494 e. The summed E-state index contributed by atoms with van der Waals surface area (Å²) in [6, 6.07) is 9.27. The van der Waals surface area contributed by atoms with E-state index in [1.807, 2.05) is 37.3 Å². The maximum Gasteiger partial charge on any atom is 0.333 e. The Balaban J connectivity index is 2.47. The van der Waals surface area contributed by atoms with Crippen molar-refractivity contribution in [1.29, 1.82) is 0 Å². The topological polar surface area (TPSA) is 79.8 Å². The molecule has 1 aromatic heterocycles. The summed E-state index contributed by atoms with van der Waals surface area (Å²) in [6.07, 6.45) is 1.85. The third-order valence-electron chi connectivity index (χ3n) is 5.26. The van der Waals surface area contributed by atoms with E-state index in [2.05, 4.69) is 18.7 Å². The van der Waals surface area contributed by atoms with E-state index in [4.69, 9.17) is 4.99 Å². The first kappa shape index (κ1) is 22.6. The maximum atomic E-state index is 12.8. The van der Waals surface area contributed by atoms with Crippen LogP contribution in [-0.2, 0) is 14.1 Å². The van der Waals surface area contributed by atoms with Crippen molar-refractivity contribution < 1.29 is 5.11 Å². The highest BCUT2D eigenvalue weighted by atomic mass is 16.3. The molecule has 7 heteroatoms. The third kappa shape index (κ3) is 5.23. The number of hydrogen-bond donors (Lipinski definition) is 1. The summed E-state index contributed by atoms with van der Waals surface area (Å²) in [5, 5.41) is 10.6. The molecule has 0 aliphatic carbocycles. The van der Waals surface area contributed by atoms with E-state index in [9.17, 15) is 14.7 Å². The summed E-state index contributed by atoms with van der Waals surface area (Å²) in [4.78, 5) is 32.1. The standard InChI is InChI=1S/C22H32N4O3/c1-6-26(7-2)15-11-12-16(3)23-19(17-13-9-8-10-14-17)18-20(27)24(4)22(29)25(5)21(18)28/h8-10,13-14,16,27H,6-7,11-12,15H2,1-5H3/t16-/m1/s1. The second-order valence-electron chi connectivity index (χ2n) is 7.27. The zero-order valence-corrected chi connectivity index (χ0v) is 18.1. The summed E-state index contributed by atoms with van der Waals surface area (Å²) in [6.45, 7) is 9.35. The van der Waals surface area contributed by atoms with Crippen LogP contribution in [0.25, 0.3) is 0 Å². The number of rotatable bonds is 9. The molecule has 0 aliphatic rings. The van der Waals surface area contributed by atoms with Crippen LogP contribution in [0.1, 0.15) is 44.7 Å². The molecule has 0 saturated heterocycles. The van der Waals surface area contributed by atoms with Gasteiger partial charge in [-0.2, -0.15) is 0 Å². The fourth-order valence-corrected chi connectivity index (χ4v) is 3.36. The fraction of sp³-hybridized carbons (Fsp3) is 0.500. The molecule has 0 spiro atoms. The molecular weight excluding hydrogens is 368 g/mol. The predicted molar refractivity (Wildman–Crippen MR) is 117 cm³/mol. The molecule has 1 atom stereocenters. The Kier molecular flexibility index (Phi) is 7.96. The first-order valence-electron chi connectivity index (χ1n) is 10.2. The second-order valence-corrected chi connectivity index (χ2v) is 7.27. The summed E-state index contributed by atoms with van der Waals surface area (Å²) >= 11 is 0. The van der Waals surface area contributed by atoms with Gasteiger partial charge in [-0.1, -0.05) is 44.2 Å². The van der Waals surface area contributed by atoms with E-state index in [-0.39, 0.29) is 17.5 Å². The molecule has 2 rings (SSSR count). The SMILES string of the molecule is CCN(CC)CCC[C@@H](C)N=C(c1ccccc1)c1c(O)n(C)c(=O)n(C)c1=O. The van der Waals surface area contributed by atoms with Crippen LogP contribution in [0, 0.1) is 0 Å². The van der Waals surface area contributed by atoms with Crippen LogP contribution < -0.4 is 11.2 Å². The van der Waals surface area contributed by atoms with Crippen molar-refractivity contribution in [1.82, 2.24) is 14.0 Å². The van der Waals surface area contributed by atoms with Gasteiger partial charge in [0.2, 0.25) is 5.88 Å². The van der Waals surface area contributed by atoms with Gasteiger partial charge in [-0.3, -0.25) is 18.9 Å². The molecular formula is C22H32N4O3. The van der Waals surface area contributed by atoms with Crippen LogP contribution in [-0.4, -0.2) is 50.5 Å². The minimum atomic E-state index is -0.573. The van der Waals surface area contributed by atoms with Crippen molar-refractivity contribution in [2.45, 2.75) is 39.7 Å². The van der Waals surface area contributed by atoms with Gasteiger partial charge < -0.3 is 10.0 Å². The lowest BCUT2D eigenvalue weighted by Crippen LogP contribution is -2.40. The highest BCUT2D eigenvalue weighted by molar-refractivity contribution is 6.14. The van der Waals surface area contributed by atoms with E-state index in [0.29, 0.717) is 5.71 Å². The molecule has 0 aliphatic heterocycles. The first-order valence-corrected chi connectivity index (χ1v) is 10.2. The molecule has 0 bridgehead atoms. The lowest BCUT2D eigenvalue weighted by Gasteiger charge is -2.19. The second kappa shape index (κ2) is 10.2. The zero-order chi connectivity index (χ0) is 21.6. The van der Waals surface area contributed by atoms with Crippen LogP contribution in [0.15, 0.2) is 44.9 Å². The molecule has 29 heavy (non-hydrogen) atoms. The lowest BCUT2D eigenvalue weighted by atomic mass is 10.0. The zero-order valence-electron chi connectivity index (χ0n) is 18.1. The Bertz CT molecular complexity index is 957. The van der Waals surface area contributed by atoms with Crippen molar-refractivity contribution in [3.8, 4) is 5.88 Å². The number of nitrogens with zero attached hydrogens (tertiary/aromatic N) is 4. The minimum absolute atomic E-state index is 0.0397. The van der Waals surface area contributed by atoms with Gasteiger partial charge in [-0.25, -0.2) is 4.79 Å². The monoisotopic (exact) mass is 400 g/mol. The molecule has 0 unspecified atom stereocenters. The van der Waals surface area contributed by atoms with Gasteiger partial charge in [-0.15, -0.1) is 0 Å². The highest BCUT2D eigenvalue weighted by Crippen LogP contribution is 2.18. The van der Waals surface area contributed by atoms with Crippen LogP contribution in [0.5, 0.6) is 5.88 Å². The lowest BCUT2D eigenvalue weighted by molar-refractivity contribution is 0.294. The van der Waals surface area contributed by atoms with Crippen LogP contribution >= 0.6 is 0 Å². The van der Waals surface area contributed by atoms with E-state index in [1.54, 1.807) is 0 Å². The van der Waals surface area contributed by atoms with Gasteiger partial charge in [-0.05, 0) is 39.4 Å². The first-order chi connectivity index (χ1) is 13.8. The molecule has 0 radical (unpaired) electrons. The molecule has 158 valence electrons. The Morgan fingerprint density at radius 3 is 2.31 bits per heavy atom. The Labute approximate surface area is 171 Å². The van der Waals surface area contributed by atoms with Crippen molar-refractivity contribution in [3.05, 3.63) is 62.3 Å². The Morgan fingerprint density at radius 2 is 1.72 bits per heavy atom. The number of hydrogen-bond acceptors (Lipinski definition) is 5. The third-order valence-corrected chi connectivity index (χ3v) is 5.26. The van der Waals surface area contributed by atoms with Gasteiger partial charge in [0.1, 0.15) is 5.56 Å². The van der Waals surface area contributed by atoms with Crippen LogP contribution in [0.4, 0.5) is 0 Å². The van der Waals surface area contributed by atoms with Gasteiger partial charge >= 0.3 is 5.69 Å². The van der Waals surface area contributed by atoms with Crippen molar-refractivity contribution in [2.75, 3.05) is 19.6 Å². The normalized spacial score (nSPS) is 13.1. The van der Waals surface area contributed by atoms with E-state index >= 15 is 0 Å². The number of aliphatic imine (C=N–C) groups is 1. The molecule has 0 fully saturated rings. The molecule has 1 heterocycles. The van der Waals surface area contributed by atoms with Crippen LogP contribution in [0.2, 0.25) is 0 Å². The van der Waals surface area contributed by atoms with Gasteiger partial charge in [0.25, 0.3) is 5.56 Å². The molecule has 0 amide bonds. The Morgan fingerprint density at radius 1 is 1.10 bits per heavy atom. The van der Waals surface area contributed by atoms with Crippen molar-refractivity contribution in [3.63, 3.8) is 0 Å². The smallest absolute Gasteiger partial charge is 0.333 e. The van der Waals surface area contributed by atoms with E-state index in [1.165, 1.54) is 14.1 Å². The molecule has 1 N–H and O–H groups in total. The summed E-state index contributed by atoms with van der Waals surface area (Å²) in [5.74, 6) is -0.365. The number of aromatic nitrogens is 2. The highest BCUT2D eigenvalue weighted by Gasteiger charge is 2.22. The summed E-state index contributed by atoms with van der Waals surface area (Å²) < 4.78 is 2.07. The average Bonchev–Trinajstić information content (AvgIpc) is 2.74. The molecule has 7 nitrogen and oxygen atoms in total.